The second-order valence-electron chi connectivity index (χ2n) is 3.38. The first kappa shape index (κ1) is 10.5. The van der Waals surface area contributed by atoms with Crippen molar-refractivity contribution in [2.24, 2.45) is 5.16 Å². The molecule has 2 aromatic carbocycles. The minimum atomic E-state index is 0.588. The van der Waals surface area contributed by atoms with E-state index in [2.05, 4.69) is 5.16 Å². The Labute approximate surface area is 94.0 Å². The first-order valence-electron chi connectivity index (χ1n) is 5.18. The maximum Gasteiger partial charge on any atom is 0.128 e. The van der Waals surface area contributed by atoms with Crippen LogP contribution in [0.5, 0.6) is 5.75 Å². The van der Waals surface area contributed by atoms with Crippen LogP contribution in [-0.4, -0.2) is 18.0 Å². The zero-order chi connectivity index (χ0) is 11.4. The summed E-state index contributed by atoms with van der Waals surface area (Å²) in [6, 6.07) is 11.8. The SMILES string of the molecule is CCOc1ccc2ccccc2c1/C=N/O. The minimum Gasteiger partial charge on any atom is -0.493 e. The van der Waals surface area contributed by atoms with Crippen LogP contribution in [0.15, 0.2) is 41.6 Å². The number of nitrogens with zero attached hydrogens (tertiary/aromatic N) is 1. The van der Waals surface area contributed by atoms with Crippen LogP contribution in [0.4, 0.5) is 0 Å². The summed E-state index contributed by atoms with van der Waals surface area (Å²) in [5.41, 5.74) is 0.808. The Bertz CT molecular complexity index is 520. The summed E-state index contributed by atoms with van der Waals surface area (Å²) in [5, 5.41) is 13.9. The molecule has 0 bridgehead atoms. The minimum absolute atomic E-state index is 0.588. The molecule has 1 N–H and O–H groups in total. The summed E-state index contributed by atoms with van der Waals surface area (Å²) in [7, 11) is 0. The van der Waals surface area contributed by atoms with Gasteiger partial charge < -0.3 is 9.94 Å². The van der Waals surface area contributed by atoms with Crippen LogP contribution in [0, 0.1) is 0 Å². The fourth-order valence-electron chi connectivity index (χ4n) is 1.75. The molecule has 0 radical (unpaired) electrons. The van der Waals surface area contributed by atoms with Crippen molar-refractivity contribution >= 4 is 17.0 Å². The number of rotatable bonds is 3. The van der Waals surface area contributed by atoms with Gasteiger partial charge in [0.25, 0.3) is 0 Å². The van der Waals surface area contributed by atoms with E-state index in [4.69, 9.17) is 9.94 Å². The lowest BCUT2D eigenvalue weighted by Gasteiger charge is -2.09. The van der Waals surface area contributed by atoms with E-state index >= 15 is 0 Å². The fourth-order valence-corrected chi connectivity index (χ4v) is 1.75. The summed E-state index contributed by atoms with van der Waals surface area (Å²) >= 11 is 0. The molecule has 0 amide bonds. The average Bonchev–Trinajstić information content (AvgIpc) is 2.32. The van der Waals surface area contributed by atoms with Crippen molar-refractivity contribution in [1.82, 2.24) is 0 Å². The van der Waals surface area contributed by atoms with Crippen LogP contribution >= 0.6 is 0 Å². The molecule has 0 aromatic heterocycles. The number of ether oxygens (including phenoxy) is 1. The predicted molar refractivity (Wildman–Crippen MR) is 64.5 cm³/mol. The average molecular weight is 215 g/mol. The molecule has 16 heavy (non-hydrogen) atoms. The Hall–Kier alpha value is -2.03. The summed E-state index contributed by atoms with van der Waals surface area (Å²) in [6.07, 6.45) is 1.41. The number of oxime groups is 1. The molecular formula is C13H13NO2. The Balaban J connectivity index is 2.68. The van der Waals surface area contributed by atoms with Crippen molar-refractivity contribution in [1.29, 1.82) is 0 Å². The molecule has 0 heterocycles. The van der Waals surface area contributed by atoms with Crippen LogP contribution in [-0.2, 0) is 0 Å². The molecule has 0 aliphatic carbocycles. The summed E-state index contributed by atoms with van der Waals surface area (Å²) in [5.74, 6) is 0.735. The summed E-state index contributed by atoms with van der Waals surface area (Å²) in [6.45, 7) is 2.51. The van der Waals surface area contributed by atoms with Crippen molar-refractivity contribution in [2.75, 3.05) is 6.61 Å². The van der Waals surface area contributed by atoms with Crippen LogP contribution in [0.1, 0.15) is 12.5 Å². The molecule has 0 unspecified atom stereocenters. The highest BCUT2D eigenvalue weighted by atomic mass is 16.5. The molecule has 0 saturated carbocycles. The molecule has 0 aliphatic heterocycles. The largest absolute Gasteiger partial charge is 0.493 e. The van der Waals surface area contributed by atoms with Crippen LogP contribution in [0.25, 0.3) is 10.8 Å². The number of hydrogen-bond acceptors (Lipinski definition) is 3. The van der Waals surface area contributed by atoms with Crippen molar-refractivity contribution in [3.63, 3.8) is 0 Å². The zero-order valence-electron chi connectivity index (χ0n) is 9.05. The molecule has 2 aromatic rings. The molecule has 2 rings (SSSR count). The van der Waals surface area contributed by atoms with Gasteiger partial charge in [0.2, 0.25) is 0 Å². The second kappa shape index (κ2) is 4.66. The summed E-state index contributed by atoms with van der Waals surface area (Å²) in [4.78, 5) is 0. The third-order valence-electron chi connectivity index (χ3n) is 2.42. The van der Waals surface area contributed by atoms with Crippen molar-refractivity contribution in [3.05, 3.63) is 42.0 Å². The highest BCUT2D eigenvalue weighted by Gasteiger charge is 2.06. The number of hydrogen-bond donors (Lipinski definition) is 1. The fraction of sp³-hybridized carbons (Fsp3) is 0.154. The van der Waals surface area contributed by atoms with E-state index in [1.807, 2.05) is 43.3 Å². The van der Waals surface area contributed by atoms with Crippen molar-refractivity contribution < 1.29 is 9.94 Å². The highest BCUT2D eigenvalue weighted by Crippen LogP contribution is 2.26. The Morgan fingerprint density at radius 3 is 2.81 bits per heavy atom. The van der Waals surface area contributed by atoms with Crippen LogP contribution < -0.4 is 4.74 Å². The first-order valence-corrected chi connectivity index (χ1v) is 5.18. The maximum atomic E-state index is 8.69. The molecule has 3 heteroatoms. The second-order valence-corrected chi connectivity index (χ2v) is 3.38. The molecule has 82 valence electrons. The third-order valence-corrected chi connectivity index (χ3v) is 2.42. The van der Waals surface area contributed by atoms with Gasteiger partial charge in [-0.2, -0.15) is 0 Å². The lowest BCUT2D eigenvalue weighted by Crippen LogP contribution is -1.97. The van der Waals surface area contributed by atoms with E-state index in [0.717, 1.165) is 22.1 Å². The predicted octanol–water partition coefficient (Wildman–Crippen LogP) is 3.05. The van der Waals surface area contributed by atoms with Crippen LogP contribution in [0.2, 0.25) is 0 Å². The smallest absolute Gasteiger partial charge is 0.128 e. The van der Waals surface area contributed by atoms with E-state index in [1.165, 1.54) is 6.21 Å². The van der Waals surface area contributed by atoms with Crippen molar-refractivity contribution in [3.8, 4) is 5.75 Å². The van der Waals surface area contributed by atoms with Gasteiger partial charge in [0.1, 0.15) is 5.75 Å². The lowest BCUT2D eigenvalue weighted by atomic mass is 10.0. The maximum absolute atomic E-state index is 8.69. The molecule has 0 saturated heterocycles. The standard InChI is InChI=1S/C13H13NO2/c1-2-16-13-8-7-10-5-3-4-6-11(10)12(13)9-14-15/h3-9,15H,2H2,1H3/b14-9+. The quantitative estimate of drug-likeness (QED) is 0.485. The van der Waals surface area contributed by atoms with Gasteiger partial charge in [-0.15, -0.1) is 0 Å². The number of fused-ring (bicyclic) bond motifs is 1. The van der Waals surface area contributed by atoms with E-state index < -0.39 is 0 Å². The molecule has 3 nitrogen and oxygen atoms in total. The molecule has 0 atom stereocenters. The van der Waals surface area contributed by atoms with Gasteiger partial charge in [0, 0.05) is 5.56 Å². The van der Waals surface area contributed by atoms with Gasteiger partial charge >= 0.3 is 0 Å². The zero-order valence-corrected chi connectivity index (χ0v) is 9.05. The number of benzene rings is 2. The van der Waals surface area contributed by atoms with Gasteiger partial charge in [-0.1, -0.05) is 35.5 Å². The van der Waals surface area contributed by atoms with Gasteiger partial charge in [-0.05, 0) is 23.8 Å². The van der Waals surface area contributed by atoms with Gasteiger partial charge in [-0.25, -0.2) is 0 Å². The van der Waals surface area contributed by atoms with E-state index in [-0.39, 0.29) is 0 Å². The van der Waals surface area contributed by atoms with Gasteiger partial charge in [0.05, 0.1) is 12.8 Å². The van der Waals surface area contributed by atoms with Gasteiger partial charge in [0.15, 0.2) is 0 Å². The van der Waals surface area contributed by atoms with Crippen molar-refractivity contribution in [2.45, 2.75) is 6.92 Å². The van der Waals surface area contributed by atoms with Gasteiger partial charge in [-0.3, -0.25) is 0 Å². The molecule has 0 aliphatic rings. The topological polar surface area (TPSA) is 41.8 Å². The summed E-state index contributed by atoms with van der Waals surface area (Å²) < 4.78 is 5.50. The molecular weight excluding hydrogens is 202 g/mol. The van der Waals surface area contributed by atoms with E-state index in [0.29, 0.717) is 6.61 Å². The van der Waals surface area contributed by atoms with Crippen LogP contribution in [0.3, 0.4) is 0 Å². The van der Waals surface area contributed by atoms with E-state index in [9.17, 15) is 0 Å². The highest BCUT2D eigenvalue weighted by molar-refractivity contribution is 6.02. The molecule has 0 spiro atoms. The first-order chi connectivity index (χ1) is 7.86. The Morgan fingerprint density at radius 1 is 1.25 bits per heavy atom. The van der Waals surface area contributed by atoms with E-state index in [1.54, 1.807) is 0 Å². The monoisotopic (exact) mass is 215 g/mol. The lowest BCUT2D eigenvalue weighted by molar-refractivity contribution is 0.320. The third kappa shape index (κ3) is 1.84. The Kier molecular flexibility index (Phi) is 3.05. The normalized spacial score (nSPS) is 11.1. The Morgan fingerprint density at radius 2 is 2.06 bits per heavy atom. The molecule has 0 fully saturated rings.